The minimum atomic E-state index is 0.0190. The summed E-state index contributed by atoms with van der Waals surface area (Å²) in [4.78, 5) is 19.5. The second-order valence-electron chi connectivity index (χ2n) is 8.28. The van der Waals surface area contributed by atoms with Crippen LogP contribution in [-0.2, 0) is 17.9 Å². The van der Waals surface area contributed by atoms with Crippen LogP contribution in [0, 0.1) is 12.8 Å². The molecule has 5 rings (SSSR count). The first-order valence-electron chi connectivity index (χ1n) is 10.9. The van der Waals surface area contributed by atoms with E-state index in [9.17, 15) is 4.79 Å². The van der Waals surface area contributed by atoms with Gasteiger partial charge in [-0.05, 0) is 56.1 Å². The number of hydrogen-bond acceptors (Lipinski definition) is 7. The lowest BCUT2D eigenvalue weighted by atomic mass is 9.96. The number of hydrogen-bond donors (Lipinski definition) is 1. The number of likely N-dealkylation sites (tertiary alicyclic amines) is 1. The molecule has 0 spiro atoms. The molecule has 1 N–H and O–H groups in total. The second-order valence-corrected chi connectivity index (χ2v) is 8.28. The normalized spacial score (nSPS) is 16.3. The molecule has 3 aromatic rings. The van der Waals surface area contributed by atoms with E-state index in [0.717, 1.165) is 54.1 Å². The number of aromatic nitrogens is 2. The molecule has 0 bridgehead atoms. The van der Waals surface area contributed by atoms with E-state index in [-0.39, 0.29) is 18.6 Å². The monoisotopic (exact) mass is 434 g/mol. The van der Waals surface area contributed by atoms with E-state index in [2.05, 4.69) is 20.4 Å². The van der Waals surface area contributed by atoms with Gasteiger partial charge in [0.05, 0.1) is 6.54 Å². The number of piperidine rings is 1. The molecule has 3 heterocycles. The van der Waals surface area contributed by atoms with Crippen LogP contribution in [0.3, 0.4) is 0 Å². The zero-order chi connectivity index (χ0) is 21.9. The van der Waals surface area contributed by atoms with Crippen molar-refractivity contribution in [2.24, 2.45) is 5.92 Å². The molecule has 32 heavy (non-hydrogen) atoms. The van der Waals surface area contributed by atoms with Gasteiger partial charge >= 0.3 is 0 Å². The third-order valence-corrected chi connectivity index (χ3v) is 6.08. The molecule has 166 valence electrons. The van der Waals surface area contributed by atoms with Gasteiger partial charge in [0, 0.05) is 18.0 Å². The number of benzene rings is 2. The highest BCUT2D eigenvalue weighted by molar-refractivity contribution is 5.78. The van der Waals surface area contributed by atoms with Gasteiger partial charge in [0.2, 0.25) is 24.4 Å². The number of amides is 1. The van der Waals surface area contributed by atoms with E-state index in [1.807, 2.05) is 49.4 Å². The summed E-state index contributed by atoms with van der Waals surface area (Å²) in [7, 11) is 0. The number of aryl methyl sites for hydroxylation is 1. The Labute approximate surface area is 186 Å². The van der Waals surface area contributed by atoms with Crippen LogP contribution in [0.1, 0.15) is 29.9 Å². The molecule has 0 radical (unpaired) electrons. The smallest absolute Gasteiger partial charge is 0.241 e. The molecule has 8 nitrogen and oxygen atoms in total. The van der Waals surface area contributed by atoms with E-state index >= 15 is 0 Å². The van der Waals surface area contributed by atoms with Crippen LogP contribution in [0.5, 0.6) is 11.5 Å². The summed E-state index contributed by atoms with van der Waals surface area (Å²) in [6, 6.07) is 13.7. The number of carbonyl (C=O) groups excluding carboxylic acids is 1. The van der Waals surface area contributed by atoms with Crippen molar-refractivity contribution in [2.75, 3.05) is 19.9 Å². The number of fused-ring (bicyclic) bond motifs is 1. The van der Waals surface area contributed by atoms with Crippen LogP contribution < -0.4 is 14.8 Å². The Morgan fingerprint density at radius 2 is 1.94 bits per heavy atom. The van der Waals surface area contributed by atoms with Crippen LogP contribution >= 0.6 is 0 Å². The van der Waals surface area contributed by atoms with Gasteiger partial charge in [-0.2, -0.15) is 4.98 Å². The summed E-state index contributed by atoms with van der Waals surface area (Å²) >= 11 is 0. The van der Waals surface area contributed by atoms with Crippen molar-refractivity contribution in [2.45, 2.75) is 32.9 Å². The van der Waals surface area contributed by atoms with Gasteiger partial charge in [0.25, 0.3) is 0 Å². The predicted molar refractivity (Wildman–Crippen MR) is 117 cm³/mol. The summed E-state index contributed by atoms with van der Waals surface area (Å²) in [5, 5.41) is 7.19. The van der Waals surface area contributed by atoms with Crippen molar-refractivity contribution in [3.8, 4) is 22.9 Å². The highest BCUT2D eigenvalue weighted by atomic mass is 16.7. The lowest BCUT2D eigenvalue weighted by Crippen LogP contribution is -2.40. The topological polar surface area (TPSA) is 89.7 Å². The average molecular weight is 434 g/mol. The first-order valence-corrected chi connectivity index (χ1v) is 10.9. The number of rotatable bonds is 6. The lowest BCUT2D eigenvalue weighted by Gasteiger charge is -2.30. The molecule has 8 heteroatoms. The van der Waals surface area contributed by atoms with Crippen LogP contribution in [0.2, 0.25) is 0 Å². The highest BCUT2D eigenvalue weighted by Crippen LogP contribution is 2.32. The zero-order valence-corrected chi connectivity index (χ0v) is 18.0. The van der Waals surface area contributed by atoms with E-state index < -0.39 is 0 Å². The Morgan fingerprint density at radius 3 is 2.78 bits per heavy atom. The van der Waals surface area contributed by atoms with Crippen molar-refractivity contribution in [3.63, 3.8) is 0 Å². The number of nitrogens with zero attached hydrogens (tertiary/aromatic N) is 3. The van der Waals surface area contributed by atoms with Crippen LogP contribution in [0.15, 0.2) is 47.0 Å². The second kappa shape index (κ2) is 9.00. The molecule has 1 aromatic heterocycles. The number of carbonyl (C=O) groups is 1. The van der Waals surface area contributed by atoms with Gasteiger partial charge in [-0.25, -0.2) is 0 Å². The first-order chi connectivity index (χ1) is 15.7. The van der Waals surface area contributed by atoms with Crippen molar-refractivity contribution in [1.82, 2.24) is 20.4 Å². The summed E-state index contributed by atoms with van der Waals surface area (Å²) in [5.74, 6) is 2.83. The van der Waals surface area contributed by atoms with Crippen molar-refractivity contribution in [1.29, 1.82) is 0 Å². The Kier molecular flexibility index (Phi) is 5.77. The fraction of sp³-hybridized carbons (Fsp3) is 0.375. The lowest BCUT2D eigenvalue weighted by molar-refractivity contribution is -0.126. The van der Waals surface area contributed by atoms with E-state index in [0.29, 0.717) is 24.8 Å². The largest absolute Gasteiger partial charge is 0.454 e. The summed E-state index contributed by atoms with van der Waals surface area (Å²) in [6.45, 7) is 5.02. The predicted octanol–water partition coefficient (Wildman–Crippen LogP) is 3.30. The summed E-state index contributed by atoms with van der Waals surface area (Å²) < 4.78 is 16.2. The van der Waals surface area contributed by atoms with Gasteiger partial charge in [-0.15, -0.1) is 0 Å². The van der Waals surface area contributed by atoms with Crippen LogP contribution in [-0.4, -0.2) is 40.8 Å². The molecular formula is C24H26N4O4. The molecule has 0 aliphatic carbocycles. The van der Waals surface area contributed by atoms with Gasteiger partial charge in [-0.3, -0.25) is 9.69 Å². The minimum absolute atomic E-state index is 0.0190. The molecule has 2 aromatic carbocycles. The fourth-order valence-corrected chi connectivity index (χ4v) is 4.18. The van der Waals surface area contributed by atoms with Crippen molar-refractivity contribution in [3.05, 3.63) is 59.5 Å². The molecular weight excluding hydrogens is 408 g/mol. The van der Waals surface area contributed by atoms with Crippen LogP contribution in [0.4, 0.5) is 0 Å². The quantitative estimate of drug-likeness (QED) is 0.637. The standard InChI is InChI=1S/C24H26N4O4/c1-16-4-2-3-5-19(16)23-26-22(32-27-23)14-28-10-8-18(9-11-28)24(29)25-13-17-6-7-20-21(12-17)31-15-30-20/h2-7,12,18H,8-11,13-15H2,1H3,(H,25,29). The third-order valence-electron chi connectivity index (χ3n) is 6.08. The Morgan fingerprint density at radius 1 is 1.12 bits per heavy atom. The maximum absolute atomic E-state index is 12.6. The molecule has 0 unspecified atom stereocenters. The summed E-state index contributed by atoms with van der Waals surface area (Å²) in [6.07, 6.45) is 1.62. The SMILES string of the molecule is Cc1ccccc1-c1noc(CN2CCC(C(=O)NCc3ccc4c(c3)OCO4)CC2)n1. The molecule has 1 amide bonds. The average Bonchev–Trinajstić information content (AvgIpc) is 3.47. The molecule has 0 atom stereocenters. The van der Waals surface area contributed by atoms with Gasteiger partial charge in [0.15, 0.2) is 11.5 Å². The maximum atomic E-state index is 12.6. The Hall–Kier alpha value is -3.39. The minimum Gasteiger partial charge on any atom is -0.454 e. The Bertz CT molecular complexity index is 1100. The van der Waals surface area contributed by atoms with Gasteiger partial charge in [0.1, 0.15) is 0 Å². The zero-order valence-electron chi connectivity index (χ0n) is 18.0. The maximum Gasteiger partial charge on any atom is 0.241 e. The van der Waals surface area contributed by atoms with Crippen LogP contribution in [0.25, 0.3) is 11.4 Å². The Balaban J connectivity index is 1.10. The highest BCUT2D eigenvalue weighted by Gasteiger charge is 2.26. The molecule has 2 aliphatic rings. The van der Waals surface area contributed by atoms with E-state index in [1.165, 1.54) is 0 Å². The van der Waals surface area contributed by atoms with Gasteiger partial charge < -0.3 is 19.3 Å². The first kappa shape index (κ1) is 20.5. The molecule has 1 saturated heterocycles. The third kappa shape index (κ3) is 4.45. The molecule has 0 saturated carbocycles. The molecule has 2 aliphatic heterocycles. The number of ether oxygens (including phenoxy) is 2. The summed E-state index contributed by atoms with van der Waals surface area (Å²) in [5.41, 5.74) is 3.11. The van der Waals surface area contributed by atoms with Crippen molar-refractivity contribution >= 4 is 5.91 Å². The van der Waals surface area contributed by atoms with E-state index in [1.54, 1.807) is 0 Å². The fourth-order valence-electron chi connectivity index (χ4n) is 4.18. The number of nitrogens with one attached hydrogen (secondary N) is 1. The molecule has 1 fully saturated rings. The van der Waals surface area contributed by atoms with Gasteiger partial charge in [-0.1, -0.05) is 35.5 Å². The van der Waals surface area contributed by atoms with Crippen molar-refractivity contribution < 1.29 is 18.8 Å². The van der Waals surface area contributed by atoms with E-state index in [4.69, 9.17) is 14.0 Å².